The van der Waals surface area contributed by atoms with E-state index in [1.54, 1.807) is 27.8 Å². The number of aliphatic imine (C=N–C) groups is 1. The Morgan fingerprint density at radius 3 is 2.41 bits per heavy atom. The van der Waals surface area contributed by atoms with Gasteiger partial charge in [-0.15, -0.1) is 24.0 Å². The highest BCUT2D eigenvalue weighted by Crippen LogP contribution is 2.15. The van der Waals surface area contributed by atoms with Gasteiger partial charge in [0.15, 0.2) is 15.8 Å². The van der Waals surface area contributed by atoms with Crippen molar-refractivity contribution >= 4 is 39.8 Å². The number of sulfone groups is 1. The first-order valence-corrected chi connectivity index (χ1v) is 8.58. The first-order chi connectivity index (χ1) is 9.65. The Morgan fingerprint density at radius 2 is 1.95 bits per heavy atom. The van der Waals surface area contributed by atoms with E-state index >= 15 is 0 Å². The van der Waals surface area contributed by atoms with Crippen molar-refractivity contribution in [3.63, 3.8) is 0 Å². The molecule has 128 valence electrons. The van der Waals surface area contributed by atoms with Crippen molar-refractivity contribution in [3.8, 4) is 0 Å². The lowest BCUT2D eigenvalue weighted by atomic mass is 10.3. The molecule has 0 amide bonds. The normalized spacial score (nSPS) is 12.7. The number of halogens is 1. The number of guanidine groups is 1. The van der Waals surface area contributed by atoms with E-state index in [-0.39, 0.29) is 29.7 Å². The van der Waals surface area contributed by atoms with E-state index < -0.39 is 14.6 Å². The van der Waals surface area contributed by atoms with Crippen molar-refractivity contribution in [1.82, 2.24) is 15.2 Å². The van der Waals surface area contributed by atoms with Crippen LogP contribution in [0.1, 0.15) is 26.3 Å². The van der Waals surface area contributed by atoms with E-state index in [9.17, 15) is 8.42 Å². The lowest BCUT2D eigenvalue weighted by Gasteiger charge is -2.19. The van der Waals surface area contributed by atoms with Gasteiger partial charge in [-0.25, -0.2) is 8.42 Å². The van der Waals surface area contributed by atoms with Crippen LogP contribution in [-0.2, 0) is 23.4 Å². The lowest BCUT2D eigenvalue weighted by molar-refractivity contribution is 0.559. The van der Waals surface area contributed by atoms with Crippen molar-refractivity contribution in [2.45, 2.75) is 32.1 Å². The average Bonchev–Trinajstić information content (AvgIpc) is 2.78. The number of nitrogens with zero attached hydrogens (tertiary/aromatic N) is 2. The maximum absolute atomic E-state index is 12.0. The molecule has 0 atom stereocenters. The standard InChI is InChI=1S/C14H26N4O2S.HI/c1-14(2,3)21(19,20)9-7-16-13(15-4)17-10-12-6-8-18(5)11-12;/h6,8,11H,7,9-10H2,1-5H3,(H2,15,16,17);1H. The third-order valence-electron chi connectivity index (χ3n) is 3.17. The zero-order valence-corrected chi connectivity index (χ0v) is 17.0. The maximum atomic E-state index is 12.0. The fraction of sp³-hybridized carbons (Fsp3) is 0.643. The SMILES string of the molecule is CN=C(NCCS(=O)(=O)C(C)(C)C)NCc1ccn(C)c1.I. The van der Waals surface area contributed by atoms with Crippen LogP contribution in [0.3, 0.4) is 0 Å². The second-order valence-corrected chi connectivity index (χ2v) is 8.83. The molecule has 1 rings (SSSR count). The Bertz CT molecular complexity index is 588. The molecule has 0 aromatic carbocycles. The van der Waals surface area contributed by atoms with Gasteiger partial charge in [0.2, 0.25) is 0 Å². The van der Waals surface area contributed by atoms with E-state index in [0.29, 0.717) is 19.0 Å². The summed E-state index contributed by atoms with van der Waals surface area (Å²) in [6, 6.07) is 2.02. The average molecular weight is 442 g/mol. The molecule has 6 nitrogen and oxygen atoms in total. The molecule has 0 radical (unpaired) electrons. The summed E-state index contributed by atoms with van der Waals surface area (Å²) in [4.78, 5) is 4.08. The van der Waals surface area contributed by atoms with Crippen molar-refractivity contribution in [3.05, 3.63) is 24.0 Å². The molecule has 2 N–H and O–H groups in total. The molecule has 0 aliphatic heterocycles. The van der Waals surface area contributed by atoms with Gasteiger partial charge in [-0.2, -0.15) is 0 Å². The zero-order valence-electron chi connectivity index (χ0n) is 13.9. The van der Waals surface area contributed by atoms with Gasteiger partial charge in [-0.1, -0.05) is 0 Å². The van der Waals surface area contributed by atoms with E-state index in [0.717, 1.165) is 5.56 Å². The summed E-state index contributed by atoms with van der Waals surface area (Å²) < 4.78 is 25.3. The molecular formula is C14H27IN4O2S. The fourth-order valence-electron chi connectivity index (χ4n) is 1.68. The summed E-state index contributed by atoms with van der Waals surface area (Å²) in [5.41, 5.74) is 1.14. The Balaban J connectivity index is 0.00000441. The minimum Gasteiger partial charge on any atom is -0.357 e. The number of rotatable bonds is 5. The lowest BCUT2D eigenvalue weighted by Crippen LogP contribution is -2.41. The molecule has 0 saturated carbocycles. The van der Waals surface area contributed by atoms with Crippen molar-refractivity contribution in [1.29, 1.82) is 0 Å². The Kier molecular flexibility index (Phi) is 8.45. The minimum atomic E-state index is -3.11. The van der Waals surface area contributed by atoms with Gasteiger partial charge in [0.25, 0.3) is 0 Å². The fourth-order valence-corrected chi connectivity index (χ4v) is 2.67. The van der Waals surface area contributed by atoms with Crippen LogP contribution >= 0.6 is 24.0 Å². The zero-order chi connectivity index (χ0) is 16.1. The van der Waals surface area contributed by atoms with Crippen LogP contribution in [0.2, 0.25) is 0 Å². The largest absolute Gasteiger partial charge is 0.357 e. The number of aromatic nitrogens is 1. The first kappa shape index (κ1) is 21.2. The number of aryl methyl sites for hydroxylation is 1. The molecule has 0 saturated heterocycles. The van der Waals surface area contributed by atoms with Gasteiger partial charge < -0.3 is 15.2 Å². The predicted molar refractivity (Wildman–Crippen MR) is 103 cm³/mol. The minimum absolute atomic E-state index is 0. The molecule has 0 spiro atoms. The third-order valence-corrected chi connectivity index (χ3v) is 5.78. The highest BCUT2D eigenvalue weighted by molar-refractivity contribution is 14.0. The monoisotopic (exact) mass is 442 g/mol. The maximum Gasteiger partial charge on any atom is 0.191 e. The van der Waals surface area contributed by atoms with Gasteiger partial charge in [-0.3, -0.25) is 4.99 Å². The number of hydrogen-bond acceptors (Lipinski definition) is 3. The summed E-state index contributed by atoms with van der Waals surface area (Å²) in [7, 11) is 0.517. The summed E-state index contributed by atoms with van der Waals surface area (Å²) in [5.74, 6) is 0.686. The molecule has 0 aliphatic rings. The van der Waals surface area contributed by atoms with Crippen LogP contribution in [0.25, 0.3) is 0 Å². The van der Waals surface area contributed by atoms with Gasteiger partial charge in [0.05, 0.1) is 10.5 Å². The van der Waals surface area contributed by atoms with Gasteiger partial charge in [0.1, 0.15) is 0 Å². The first-order valence-electron chi connectivity index (χ1n) is 6.93. The Morgan fingerprint density at radius 1 is 1.32 bits per heavy atom. The number of hydrogen-bond donors (Lipinski definition) is 2. The molecule has 0 fully saturated rings. The quantitative estimate of drug-likeness (QED) is 0.412. The highest BCUT2D eigenvalue weighted by Gasteiger charge is 2.28. The summed E-state index contributed by atoms with van der Waals surface area (Å²) in [6.07, 6.45) is 3.99. The van der Waals surface area contributed by atoms with Crippen molar-refractivity contribution in [2.24, 2.45) is 12.0 Å². The van der Waals surface area contributed by atoms with Gasteiger partial charge in [0, 0.05) is 39.6 Å². The van der Waals surface area contributed by atoms with Crippen LogP contribution < -0.4 is 10.6 Å². The molecule has 22 heavy (non-hydrogen) atoms. The third kappa shape index (κ3) is 6.55. The van der Waals surface area contributed by atoms with Crippen LogP contribution in [0.15, 0.2) is 23.5 Å². The van der Waals surface area contributed by atoms with E-state index in [4.69, 9.17) is 0 Å². The molecule has 0 bridgehead atoms. The molecule has 1 heterocycles. The van der Waals surface area contributed by atoms with Crippen LogP contribution in [0.5, 0.6) is 0 Å². The highest BCUT2D eigenvalue weighted by atomic mass is 127. The molecule has 1 aromatic rings. The molecule has 0 unspecified atom stereocenters. The molecule has 0 aliphatic carbocycles. The van der Waals surface area contributed by atoms with Crippen molar-refractivity contribution < 1.29 is 8.42 Å². The van der Waals surface area contributed by atoms with E-state index in [1.807, 2.05) is 30.1 Å². The topological polar surface area (TPSA) is 75.5 Å². The predicted octanol–water partition coefficient (Wildman–Crippen LogP) is 1.52. The van der Waals surface area contributed by atoms with Crippen molar-refractivity contribution in [2.75, 3.05) is 19.3 Å². The van der Waals surface area contributed by atoms with Gasteiger partial charge in [-0.05, 0) is 32.4 Å². The smallest absolute Gasteiger partial charge is 0.191 e. The van der Waals surface area contributed by atoms with Crippen LogP contribution in [-0.4, -0.2) is 43.0 Å². The Hall–Kier alpha value is -0.770. The van der Waals surface area contributed by atoms with E-state index in [2.05, 4.69) is 15.6 Å². The summed E-state index contributed by atoms with van der Waals surface area (Å²) in [5, 5.41) is 6.18. The summed E-state index contributed by atoms with van der Waals surface area (Å²) >= 11 is 0. The Labute approximate surface area is 150 Å². The molecule has 1 aromatic heterocycles. The van der Waals surface area contributed by atoms with Gasteiger partial charge >= 0.3 is 0 Å². The van der Waals surface area contributed by atoms with E-state index in [1.165, 1.54) is 0 Å². The molecule has 8 heteroatoms. The summed E-state index contributed by atoms with van der Waals surface area (Å²) in [6.45, 7) is 6.13. The second kappa shape index (κ2) is 8.76. The van der Waals surface area contributed by atoms with Crippen LogP contribution in [0.4, 0.5) is 0 Å². The van der Waals surface area contributed by atoms with Crippen LogP contribution in [0, 0.1) is 0 Å². The second-order valence-electron chi connectivity index (χ2n) is 5.97. The molecular weight excluding hydrogens is 415 g/mol. The number of nitrogens with one attached hydrogen (secondary N) is 2.